The van der Waals surface area contributed by atoms with Crippen LogP contribution in [0.15, 0.2) is 0 Å². The molecule has 58 valence electrons. The van der Waals surface area contributed by atoms with Gasteiger partial charge in [-0.15, -0.1) is 0 Å². The summed E-state index contributed by atoms with van der Waals surface area (Å²) in [7, 11) is 0. The van der Waals surface area contributed by atoms with Crippen molar-refractivity contribution in [2.75, 3.05) is 4.43 Å². The van der Waals surface area contributed by atoms with Gasteiger partial charge in [0.2, 0.25) is 0 Å². The maximum Gasteiger partial charge on any atom is 0.508 e. The molecule has 2 unspecified atom stereocenters. The zero-order valence-corrected chi connectivity index (χ0v) is 7.83. The van der Waals surface area contributed by atoms with Crippen LogP contribution < -0.4 is 0 Å². The first kappa shape index (κ1) is 8.10. The van der Waals surface area contributed by atoms with Crippen molar-refractivity contribution in [1.82, 2.24) is 0 Å². The Bertz CT molecular complexity index is 137. The Balaban J connectivity index is 2.42. The third-order valence-corrected chi connectivity index (χ3v) is 2.31. The summed E-state index contributed by atoms with van der Waals surface area (Å²) in [6.45, 7) is 1.87. The number of rotatable bonds is 1. The summed E-state index contributed by atoms with van der Waals surface area (Å²) in [5.41, 5.74) is 0. The number of cyclic esters (lactones) is 2. The second-order valence-corrected chi connectivity index (χ2v) is 3.19. The number of hydrogen-bond donors (Lipinski definition) is 0. The molecule has 1 fully saturated rings. The number of carbonyl (C=O) groups excluding carboxylic acids is 1. The summed E-state index contributed by atoms with van der Waals surface area (Å²) >= 11 is 2.19. The Morgan fingerprint density at radius 2 is 2.40 bits per heavy atom. The molecule has 1 saturated heterocycles. The molecule has 0 bridgehead atoms. The molecular formula is C6H9IO3. The highest BCUT2D eigenvalue weighted by Crippen LogP contribution is 2.15. The predicted octanol–water partition coefficient (Wildman–Crippen LogP) is 1.74. The topological polar surface area (TPSA) is 35.5 Å². The van der Waals surface area contributed by atoms with Crippen molar-refractivity contribution in [2.24, 2.45) is 0 Å². The maximum atomic E-state index is 10.6. The normalized spacial score (nSPS) is 32.8. The fraction of sp³-hybridized carbons (Fsp3) is 0.833. The van der Waals surface area contributed by atoms with E-state index in [1.54, 1.807) is 0 Å². The summed E-state index contributed by atoms with van der Waals surface area (Å²) in [6.07, 6.45) is 0.354. The minimum atomic E-state index is -0.527. The molecule has 4 heteroatoms. The molecule has 1 rings (SSSR count). The van der Waals surface area contributed by atoms with Crippen LogP contribution in [0.3, 0.4) is 0 Å². The fourth-order valence-corrected chi connectivity index (χ4v) is 1.43. The second-order valence-electron chi connectivity index (χ2n) is 2.31. The van der Waals surface area contributed by atoms with Crippen LogP contribution in [-0.4, -0.2) is 22.8 Å². The van der Waals surface area contributed by atoms with Gasteiger partial charge in [-0.3, -0.25) is 0 Å². The van der Waals surface area contributed by atoms with Gasteiger partial charge in [0.25, 0.3) is 0 Å². The van der Waals surface area contributed by atoms with Crippen LogP contribution in [0.5, 0.6) is 0 Å². The molecule has 10 heavy (non-hydrogen) atoms. The smallest absolute Gasteiger partial charge is 0.431 e. The van der Waals surface area contributed by atoms with Gasteiger partial charge in [-0.1, -0.05) is 22.6 Å². The Morgan fingerprint density at radius 3 is 2.90 bits per heavy atom. The van der Waals surface area contributed by atoms with Crippen molar-refractivity contribution in [3.05, 3.63) is 0 Å². The van der Waals surface area contributed by atoms with E-state index in [9.17, 15) is 4.79 Å². The molecule has 0 amide bonds. The third kappa shape index (κ3) is 2.00. The Hall–Kier alpha value is 0. The van der Waals surface area contributed by atoms with E-state index in [0.717, 1.165) is 10.8 Å². The minimum absolute atomic E-state index is 0.0148. The number of ether oxygens (including phenoxy) is 2. The molecule has 0 aromatic carbocycles. The lowest BCUT2D eigenvalue weighted by Gasteiger charge is -2.25. The average Bonchev–Trinajstić information content (AvgIpc) is 1.85. The Kier molecular flexibility index (Phi) is 2.76. The van der Waals surface area contributed by atoms with E-state index in [4.69, 9.17) is 9.47 Å². The lowest BCUT2D eigenvalue weighted by Crippen LogP contribution is -2.33. The van der Waals surface area contributed by atoms with Gasteiger partial charge in [0.05, 0.1) is 0 Å². The first-order valence-electron chi connectivity index (χ1n) is 3.15. The van der Waals surface area contributed by atoms with Crippen LogP contribution in [-0.2, 0) is 9.47 Å². The van der Waals surface area contributed by atoms with Gasteiger partial charge < -0.3 is 9.47 Å². The minimum Gasteiger partial charge on any atom is -0.431 e. The monoisotopic (exact) mass is 256 g/mol. The quantitative estimate of drug-likeness (QED) is 0.407. The summed E-state index contributed by atoms with van der Waals surface area (Å²) in [5, 5.41) is 0. The van der Waals surface area contributed by atoms with E-state index in [-0.39, 0.29) is 12.2 Å². The van der Waals surface area contributed by atoms with Crippen LogP contribution in [0, 0.1) is 0 Å². The molecule has 0 aliphatic carbocycles. The lowest BCUT2D eigenvalue weighted by molar-refractivity contribution is -0.0449. The zero-order chi connectivity index (χ0) is 7.56. The van der Waals surface area contributed by atoms with Crippen molar-refractivity contribution in [3.8, 4) is 0 Å². The predicted molar refractivity (Wildman–Crippen MR) is 44.3 cm³/mol. The van der Waals surface area contributed by atoms with Crippen molar-refractivity contribution < 1.29 is 14.3 Å². The number of hydrogen-bond acceptors (Lipinski definition) is 3. The molecule has 0 aromatic heterocycles. The summed E-state index contributed by atoms with van der Waals surface area (Å²) in [6, 6.07) is 0. The summed E-state index contributed by atoms with van der Waals surface area (Å²) in [4.78, 5) is 10.6. The van der Waals surface area contributed by atoms with Gasteiger partial charge in [0, 0.05) is 10.8 Å². The molecule has 3 nitrogen and oxygen atoms in total. The van der Waals surface area contributed by atoms with Gasteiger partial charge in [-0.05, 0) is 6.92 Å². The Labute approximate surface area is 73.2 Å². The van der Waals surface area contributed by atoms with Crippen LogP contribution >= 0.6 is 22.6 Å². The molecule has 1 aliphatic rings. The molecule has 0 radical (unpaired) electrons. The Morgan fingerprint density at radius 1 is 1.70 bits per heavy atom. The highest BCUT2D eigenvalue weighted by molar-refractivity contribution is 14.1. The second kappa shape index (κ2) is 3.41. The molecular weight excluding hydrogens is 247 g/mol. The standard InChI is InChI=1S/C6H9IO3/c1-4-2-5(3-7)10-6(8)9-4/h4-5H,2-3H2,1H3. The first-order chi connectivity index (χ1) is 4.72. The van der Waals surface area contributed by atoms with E-state index in [1.165, 1.54) is 0 Å². The maximum absolute atomic E-state index is 10.6. The van der Waals surface area contributed by atoms with Crippen molar-refractivity contribution in [2.45, 2.75) is 25.6 Å². The fourth-order valence-electron chi connectivity index (χ4n) is 0.889. The molecule has 1 heterocycles. The van der Waals surface area contributed by atoms with Crippen LogP contribution in [0.2, 0.25) is 0 Å². The molecule has 0 aromatic rings. The van der Waals surface area contributed by atoms with E-state index in [1.807, 2.05) is 6.92 Å². The third-order valence-electron chi connectivity index (χ3n) is 1.33. The lowest BCUT2D eigenvalue weighted by atomic mass is 10.2. The molecule has 0 spiro atoms. The summed E-state index contributed by atoms with van der Waals surface area (Å²) in [5.74, 6) is 0. The van der Waals surface area contributed by atoms with Crippen molar-refractivity contribution in [1.29, 1.82) is 0 Å². The number of halogens is 1. The van der Waals surface area contributed by atoms with Gasteiger partial charge >= 0.3 is 6.16 Å². The number of alkyl halides is 1. The van der Waals surface area contributed by atoms with Crippen LogP contribution in [0.4, 0.5) is 4.79 Å². The van der Waals surface area contributed by atoms with E-state index in [0.29, 0.717) is 0 Å². The van der Waals surface area contributed by atoms with Gasteiger partial charge in [0.1, 0.15) is 12.2 Å². The molecule has 0 N–H and O–H groups in total. The van der Waals surface area contributed by atoms with Gasteiger partial charge in [-0.25, -0.2) is 4.79 Å². The van der Waals surface area contributed by atoms with E-state index >= 15 is 0 Å². The summed E-state index contributed by atoms with van der Waals surface area (Å²) < 4.78 is 10.4. The zero-order valence-electron chi connectivity index (χ0n) is 5.67. The largest absolute Gasteiger partial charge is 0.508 e. The van der Waals surface area contributed by atoms with Crippen LogP contribution in [0.1, 0.15) is 13.3 Å². The van der Waals surface area contributed by atoms with E-state index < -0.39 is 6.16 Å². The SMILES string of the molecule is CC1CC(CI)OC(=O)O1. The molecule has 2 atom stereocenters. The number of carbonyl (C=O) groups is 1. The first-order valence-corrected chi connectivity index (χ1v) is 4.68. The van der Waals surface area contributed by atoms with E-state index in [2.05, 4.69) is 22.6 Å². The van der Waals surface area contributed by atoms with Crippen molar-refractivity contribution in [3.63, 3.8) is 0 Å². The van der Waals surface area contributed by atoms with Gasteiger partial charge in [0.15, 0.2) is 0 Å². The van der Waals surface area contributed by atoms with Crippen LogP contribution in [0.25, 0.3) is 0 Å². The molecule has 1 aliphatic heterocycles. The highest BCUT2D eigenvalue weighted by atomic mass is 127. The highest BCUT2D eigenvalue weighted by Gasteiger charge is 2.25. The van der Waals surface area contributed by atoms with Gasteiger partial charge in [-0.2, -0.15) is 0 Å². The average molecular weight is 256 g/mol. The van der Waals surface area contributed by atoms with Crippen molar-refractivity contribution >= 4 is 28.7 Å². The molecule has 0 saturated carbocycles.